The van der Waals surface area contributed by atoms with Gasteiger partial charge in [0.2, 0.25) is 0 Å². The Morgan fingerprint density at radius 1 is 1.24 bits per heavy atom. The number of furan rings is 1. The molecule has 0 spiro atoms. The Hall–Kier alpha value is -2.63. The highest BCUT2D eigenvalue weighted by Crippen LogP contribution is 2.24. The van der Waals surface area contributed by atoms with Crippen molar-refractivity contribution < 1.29 is 13.6 Å². The lowest BCUT2D eigenvalue weighted by molar-refractivity contribution is 0.0953. The summed E-state index contributed by atoms with van der Waals surface area (Å²) in [6.07, 6.45) is 2.20. The first-order chi connectivity index (χ1) is 12.0. The van der Waals surface area contributed by atoms with Crippen molar-refractivity contribution in [1.29, 1.82) is 0 Å². The number of hydrazone groups is 1. The number of nitrogens with zero attached hydrogens (tertiary/aromatic N) is 2. The van der Waals surface area contributed by atoms with Crippen molar-refractivity contribution in [2.45, 2.75) is 33.6 Å². The van der Waals surface area contributed by atoms with Gasteiger partial charge < -0.3 is 9.32 Å². The Bertz CT molecular complexity index is 820. The van der Waals surface area contributed by atoms with Crippen LogP contribution in [-0.4, -0.2) is 24.7 Å². The average Bonchev–Trinajstić information content (AvgIpc) is 3.21. The van der Waals surface area contributed by atoms with Gasteiger partial charge in [0.15, 0.2) is 0 Å². The van der Waals surface area contributed by atoms with Crippen LogP contribution >= 0.6 is 0 Å². The molecule has 1 aromatic heterocycles. The van der Waals surface area contributed by atoms with Crippen molar-refractivity contribution in [2.75, 3.05) is 18.0 Å². The van der Waals surface area contributed by atoms with E-state index < -0.39 is 0 Å². The molecule has 0 radical (unpaired) electrons. The van der Waals surface area contributed by atoms with E-state index in [0.717, 1.165) is 25.9 Å². The minimum absolute atomic E-state index is 0.262. The molecule has 0 bridgehead atoms. The van der Waals surface area contributed by atoms with Gasteiger partial charge in [-0.1, -0.05) is 6.07 Å². The van der Waals surface area contributed by atoms with Crippen LogP contribution in [0.5, 0.6) is 0 Å². The third kappa shape index (κ3) is 3.73. The first-order valence-electron chi connectivity index (χ1n) is 8.42. The fourth-order valence-corrected chi connectivity index (χ4v) is 3.06. The number of amides is 1. The number of nitrogens with one attached hydrogen (secondary N) is 1. The zero-order valence-electron chi connectivity index (χ0n) is 14.7. The predicted molar refractivity (Wildman–Crippen MR) is 95.7 cm³/mol. The number of hydrogen-bond acceptors (Lipinski definition) is 4. The van der Waals surface area contributed by atoms with E-state index in [1.807, 2.05) is 6.07 Å². The van der Waals surface area contributed by atoms with Gasteiger partial charge >= 0.3 is 0 Å². The summed E-state index contributed by atoms with van der Waals surface area (Å²) in [5.74, 6) is 0.608. The van der Waals surface area contributed by atoms with E-state index >= 15 is 0 Å². The smallest absolute Gasteiger partial charge is 0.274 e. The third-order valence-electron chi connectivity index (χ3n) is 4.42. The van der Waals surface area contributed by atoms with Gasteiger partial charge in [-0.15, -0.1) is 0 Å². The van der Waals surface area contributed by atoms with E-state index in [0.29, 0.717) is 34.0 Å². The Morgan fingerprint density at radius 2 is 1.96 bits per heavy atom. The Labute approximate surface area is 146 Å². The normalized spacial score (nSPS) is 14.9. The molecule has 3 rings (SSSR count). The molecule has 1 aliphatic heterocycles. The van der Waals surface area contributed by atoms with Crippen molar-refractivity contribution in [3.63, 3.8) is 0 Å². The highest BCUT2D eigenvalue weighted by molar-refractivity contribution is 6.01. The Balaban J connectivity index is 1.72. The largest absolute Gasteiger partial charge is 0.466 e. The van der Waals surface area contributed by atoms with Crippen molar-refractivity contribution >= 4 is 17.3 Å². The maximum Gasteiger partial charge on any atom is 0.274 e. The van der Waals surface area contributed by atoms with Gasteiger partial charge in [-0.05, 0) is 51.8 Å². The van der Waals surface area contributed by atoms with Gasteiger partial charge in [-0.3, -0.25) is 4.79 Å². The highest BCUT2D eigenvalue weighted by atomic mass is 19.1. The van der Waals surface area contributed by atoms with Gasteiger partial charge in [0.25, 0.3) is 5.91 Å². The monoisotopic (exact) mass is 343 g/mol. The molecular formula is C19H22FN3O2. The van der Waals surface area contributed by atoms with Crippen LogP contribution in [0.2, 0.25) is 0 Å². The molecule has 0 aliphatic carbocycles. The Morgan fingerprint density at radius 3 is 2.56 bits per heavy atom. The number of carbonyl (C=O) groups excluding carboxylic acids is 1. The zero-order chi connectivity index (χ0) is 18.0. The first-order valence-corrected chi connectivity index (χ1v) is 8.42. The number of carbonyl (C=O) groups is 1. The van der Waals surface area contributed by atoms with Crippen LogP contribution < -0.4 is 10.3 Å². The summed E-state index contributed by atoms with van der Waals surface area (Å²) in [6.45, 7) is 7.03. The minimum Gasteiger partial charge on any atom is -0.466 e. The molecule has 0 atom stereocenters. The van der Waals surface area contributed by atoms with E-state index in [1.165, 1.54) is 6.07 Å². The summed E-state index contributed by atoms with van der Waals surface area (Å²) < 4.78 is 19.7. The highest BCUT2D eigenvalue weighted by Gasteiger charge is 2.17. The lowest BCUT2D eigenvalue weighted by atomic mass is 10.1. The number of anilines is 1. The standard InChI is InChI=1S/C19H22FN3O2/c1-12-10-16(14(3)25-12)19(24)22-21-13(2)15-6-7-18(17(20)11-15)23-8-4-5-9-23/h6-7,10-11H,4-5,8-9H2,1-3H3,(H,22,24)/b21-13-. The molecule has 25 heavy (non-hydrogen) atoms. The number of halogens is 1. The molecule has 1 aromatic carbocycles. The van der Waals surface area contributed by atoms with Crippen LogP contribution in [0.25, 0.3) is 0 Å². The second kappa shape index (κ2) is 7.09. The van der Waals surface area contributed by atoms with Crippen LogP contribution in [0.4, 0.5) is 10.1 Å². The lowest BCUT2D eigenvalue weighted by Crippen LogP contribution is -2.20. The second-order valence-corrected chi connectivity index (χ2v) is 6.33. The molecule has 1 amide bonds. The number of benzene rings is 1. The minimum atomic E-state index is -0.345. The van der Waals surface area contributed by atoms with E-state index in [1.54, 1.807) is 32.9 Å². The predicted octanol–water partition coefficient (Wildman–Crippen LogP) is 3.79. The fraction of sp³-hybridized carbons (Fsp3) is 0.368. The molecular weight excluding hydrogens is 321 g/mol. The van der Waals surface area contributed by atoms with Crippen molar-refractivity contribution in [3.05, 3.63) is 52.7 Å². The molecule has 1 fully saturated rings. The van der Waals surface area contributed by atoms with Gasteiger partial charge in [-0.25, -0.2) is 9.82 Å². The molecule has 132 valence electrons. The summed E-state index contributed by atoms with van der Waals surface area (Å²) in [4.78, 5) is 14.2. The molecule has 2 aromatic rings. The second-order valence-electron chi connectivity index (χ2n) is 6.33. The van der Waals surface area contributed by atoms with Crippen molar-refractivity contribution in [1.82, 2.24) is 5.43 Å². The Kier molecular flexibility index (Phi) is 4.88. The molecule has 1 saturated heterocycles. The van der Waals surface area contributed by atoms with Crippen LogP contribution in [0.1, 0.15) is 47.2 Å². The van der Waals surface area contributed by atoms with Gasteiger partial charge in [0.1, 0.15) is 17.3 Å². The van der Waals surface area contributed by atoms with Gasteiger partial charge in [-0.2, -0.15) is 5.10 Å². The molecule has 2 heterocycles. The summed E-state index contributed by atoms with van der Waals surface area (Å²) in [7, 11) is 0. The van der Waals surface area contributed by atoms with E-state index in [-0.39, 0.29) is 11.7 Å². The number of rotatable bonds is 4. The SMILES string of the molecule is C/C(=N/NC(=O)c1cc(C)oc1C)c1ccc(N2CCCC2)c(F)c1. The topological polar surface area (TPSA) is 57.8 Å². The zero-order valence-corrected chi connectivity index (χ0v) is 14.7. The van der Waals surface area contributed by atoms with E-state index in [9.17, 15) is 9.18 Å². The summed E-state index contributed by atoms with van der Waals surface area (Å²) in [5, 5.41) is 4.08. The molecule has 5 nitrogen and oxygen atoms in total. The number of hydrogen-bond donors (Lipinski definition) is 1. The van der Waals surface area contributed by atoms with Crippen LogP contribution in [0.3, 0.4) is 0 Å². The van der Waals surface area contributed by atoms with Crippen LogP contribution in [0, 0.1) is 19.7 Å². The first kappa shape index (κ1) is 17.2. The summed E-state index contributed by atoms with van der Waals surface area (Å²) in [5.41, 5.74) is 4.75. The summed E-state index contributed by atoms with van der Waals surface area (Å²) in [6, 6.07) is 6.74. The molecule has 1 N–H and O–H groups in total. The molecule has 0 unspecified atom stereocenters. The molecule has 0 saturated carbocycles. The van der Waals surface area contributed by atoms with E-state index in [4.69, 9.17) is 4.42 Å². The maximum absolute atomic E-state index is 14.4. The van der Waals surface area contributed by atoms with Crippen LogP contribution in [0.15, 0.2) is 33.8 Å². The quantitative estimate of drug-likeness (QED) is 0.679. The average molecular weight is 343 g/mol. The fourth-order valence-electron chi connectivity index (χ4n) is 3.06. The maximum atomic E-state index is 14.4. The van der Waals surface area contributed by atoms with E-state index in [2.05, 4.69) is 15.4 Å². The molecule has 1 aliphatic rings. The summed E-state index contributed by atoms with van der Waals surface area (Å²) >= 11 is 0. The lowest BCUT2D eigenvalue weighted by Gasteiger charge is -2.18. The van der Waals surface area contributed by atoms with Crippen molar-refractivity contribution in [3.8, 4) is 0 Å². The van der Waals surface area contributed by atoms with Gasteiger partial charge in [0.05, 0.1) is 17.0 Å². The molecule has 6 heteroatoms. The number of aryl methyl sites for hydroxylation is 2. The third-order valence-corrected chi connectivity index (χ3v) is 4.42. The van der Waals surface area contributed by atoms with Crippen LogP contribution in [-0.2, 0) is 0 Å². The van der Waals surface area contributed by atoms with Gasteiger partial charge in [0, 0.05) is 18.7 Å². The van der Waals surface area contributed by atoms with Crippen molar-refractivity contribution in [2.24, 2.45) is 5.10 Å².